The van der Waals surface area contributed by atoms with Crippen molar-refractivity contribution in [2.75, 3.05) is 12.4 Å². The van der Waals surface area contributed by atoms with Crippen molar-refractivity contribution in [3.8, 4) is 5.75 Å². The second-order valence-corrected chi connectivity index (χ2v) is 5.04. The first-order valence-corrected chi connectivity index (χ1v) is 6.93. The maximum atomic E-state index is 11.9. The minimum atomic E-state index is -0.263. The first-order valence-electron chi connectivity index (χ1n) is 6.55. The Hall–Kier alpha value is -2.20. The van der Waals surface area contributed by atoms with Crippen molar-refractivity contribution in [1.29, 1.82) is 0 Å². The maximum absolute atomic E-state index is 11.9. The van der Waals surface area contributed by atoms with Gasteiger partial charge < -0.3 is 15.4 Å². The monoisotopic (exact) mass is 304 g/mol. The molecule has 0 radical (unpaired) electrons. The highest BCUT2D eigenvalue weighted by Crippen LogP contribution is 2.18. The van der Waals surface area contributed by atoms with Crippen LogP contribution in [0.3, 0.4) is 0 Å². The van der Waals surface area contributed by atoms with E-state index in [4.69, 9.17) is 16.3 Å². The fourth-order valence-electron chi connectivity index (χ4n) is 1.87. The van der Waals surface area contributed by atoms with Gasteiger partial charge >= 0.3 is 6.03 Å². The summed E-state index contributed by atoms with van der Waals surface area (Å²) in [4.78, 5) is 11.9. The normalized spacial score (nSPS) is 11.6. The number of amides is 2. The molecule has 2 amide bonds. The van der Waals surface area contributed by atoms with Crippen LogP contribution < -0.4 is 15.4 Å². The maximum Gasteiger partial charge on any atom is 0.319 e. The lowest BCUT2D eigenvalue weighted by atomic mass is 10.1. The van der Waals surface area contributed by atoms with E-state index in [1.165, 1.54) is 0 Å². The SMILES string of the molecule is COc1ccc([C@H](C)NC(=O)Nc2ccc(Cl)cc2)cc1. The second-order valence-electron chi connectivity index (χ2n) is 4.60. The molecular weight excluding hydrogens is 288 g/mol. The van der Waals surface area contributed by atoms with Gasteiger partial charge in [0.25, 0.3) is 0 Å². The molecule has 0 aliphatic heterocycles. The average molecular weight is 305 g/mol. The lowest BCUT2D eigenvalue weighted by molar-refractivity contribution is 0.249. The van der Waals surface area contributed by atoms with Gasteiger partial charge in [0.05, 0.1) is 13.2 Å². The third kappa shape index (κ3) is 4.39. The van der Waals surface area contributed by atoms with Crippen LogP contribution in [0.2, 0.25) is 5.02 Å². The number of benzene rings is 2. The van der Waals surface area contributed by atoms with Gasteiger partial charge in [0.15, 0.2) is 0 Å². The Bertz CT molecular complexity index is 597. The molecule has 110 valence electrons. The zero-order valence-electron chi connectivity index (χ0n) is 11.9. The predicted molar refractivity (Wildman–Crippen MR) is 85.0 cm³/mol. The smallest absolute Gasteiger partial charge is 0.319 e. The van der Waals surface area contributed by atoms with Crippen LogP contribution in [-0.2, 0) is 0 Å². The third-order valence-corrected chi connectivity index (χ3v) is 3.32. The van der Waals surface area contributed by atoms with Crippen molar-refractivity contribution in [1.82, 2.24) is 5.32 Å². The molecule has 1 atom stereocenters. The number of carbonyl (C=O) groups is 1. The summed E-state index contributed by atoms with van der Waals surface area (Å²) in [5, 5.41) is 6.26. The number of rotatable bonds is 4. The van der Waals surface area contributed by atoms with E-state index >= 15 is 0 Å². The van der Waals surface area contributed by atoms with E-state index in [1.807, 2.05) is 31.2 Å². The van der Waals surface area contributed by atoms with E-state index in [1.54, 1.807) is 31.4 Å². The third-order valence-electron chi connectivity index (χ3n) is 3.07. The van der Waals surface area contributed by atoms with Crippen molar-refractivity contribution in [2.45, 2.75) is 13.0 Å². The predicted octanol–water partition coefficient (Wildman–Crippen LogP) is 4.23. The van der Waals surface area contributed by atoms with Gasteiger partial charge in [-0.15, -0.1) is 0 Å². The lowest BCUT2D eigenvalue weighted by Crippen LogP contribution is -2.31. The summed E-state index contributed by atoms with van der Waals surface area (Å²) < 4.78 is 5.11. The van der Waals surface area contributed by atoms with Crippen LogP contribution in [0.4, 0.5) is 10.5 Å². The summed E-state index contributed by atoms with van der Waals surface area (Å²) in [5.41, 5.74) is 1.70. The molecule has 0 aromatic heterocycles. The van der Waals surface area contributed by atoms with E-state index in [2.05, 4.69) is 10.6 Å². The molecule has 0 saturated heterocycles. The zero-order valence-corrected chi connectivity index (χ0v) is 12.6. The summed E-state index contributed by atoms with van der Waals surface area (Å²) in [7, 11) is 1.62. The molecule has 2 rings (SSSR count). The van der Waals surface area contributed by atoms with Gasteiger partial charge in [0.1, 0.15) is 5.75 Å². The van der Waals surface area contributed by atoms with Crippen molar-refractivity contribution < 1.29 is 9.53 Å². The molecule has 0 aliphatic rings. The quantitative estimate of drug-likeness (QED) is 0.888. The number of nitrogens with one attached hydrogen (secondary N) is 2. The van der Waals surface area contributed by atoms with Crippen molar-refractivity contribution in [3.05, 3.63) is 59.1 Å². The van der Waals surface area contributed by atoms with Crippen LogP contribution in [0.15, 0.2) is 48.5 Å². The highest BCUT2D eigenvalue weighted by molar-refractivity contribution is 6.30. The van der Waals surface area contributed by atoms with Gasteiger partial charge in [-0.1, -0.05) is 23.7 Å². The van der Waals surface area contributed by atoms with E-state index in [0.29, 0.717) is 10.7 Å². The molecule has 2 N–H and O–H groups in total. The van der Waals surface area contributed by atoms with Crippen LogP contribution in [-0.4, -0.2) is 13.1 Å². The summed E-state index contributed by atoms with van der Waals surface area (Å²) in [6, 6.07) is 14.2. The van der Waals surface area contributed by atoms with Crippen LogP contribution in [0.1, 0.15) is 18.5 Å². The Morgan fingerprint density at radius 2 is 1.71 bits per heavy atom. The summed E-state index contributed by atoms with van der Waals surface area (Å²) >= 11 is 5.80. The molecule has 0 heterocycles. The highest BCUT2D eigenvalue weighted by atomic mass is 35.5. The summed E-state index contributed by atoms with van der Waals surface area (Å²) in [5.74, 6) is 0.788. The largest absolute Gasteiger partial charge is 0.497 e. The van der Waals surface area contributed by atoms with Crippen LogP contribution >= 0.6 is 11.6 Å². The molecule has 5 heteroatoms. The number of anilines is 1. The molecule has 0 saturated carbocycles. The zero-order chi connectivity index (χ0) is 15.2. The Balaban J connectivity index is 1.93. The van der Waals surface area contributed by atoms with E-state index in [0.717, 1.165) is 11.3 Å². The molecule has 0 spiro atoms. The molecule has 21 heavy (non-hydrogen) atoms. The first-order chi connectivity index (χ1) is 10.1. The second kappa shape index (κ2) is 6.99. The van der Waals surface area contributed by atoms with E-state index in [9.17, 15) is 4.79 Å². The molecule has 0 bridgehead atoms. The van der Waals surface area contributed by atoms with Crippen molar-refractivity contribution >= 4 is 23.3 Å². The van der Waals surface area contributed by atoms with Gasteiger partial charge in [-0.2, -0.15) is 0 Å². The number of carbonyl (C=O) groups excluding carboxylic acids is 1. The fraction of sp³-hybridized carbons (Fsp3) is 0.188. The lowest BCUT2D eigenvalue weighted by Gasteiger charge is -2.15. The van der Waals surface area contributed by atoms with Gasteiger partial charge in [-0.3, -0.25) is 0 Å². The highest BCUT2D eigenvalue weighted by Gasteiger charge is 2.09. The molecule has 0 fully saturated rings. The molecule has 0 unspecified atom stereocenters. The van der Waals surface area contributed by atoms with Crippen LogP contribution in [0.5, 0.6) is 5.75 Å². The number of hydrogen-bond donors (Lipinski definition) is 2. The number of urea groups is 1. The van der Waals surface area contributed by atoms with E-state index in [-0.39, 0.29) is 12.1 Å². The van der Waals surface area contributed by atoms with Gasteiger partial charge in [0, 0.05) is 10.7 Å². The average Bonchev–Trinajstić information content (AvgIpc) is 2.49. The Kier molecular flexibility index (Phi) is 5.06. The molecule has 2 aromatic rings. The fourth-order valence-corrected chi connectivity index (χ4v) is 2.00. The Morgan fingerprint density at radius 3 is 2.29 bits per heavy atom. The van der Waals surface area contributed by atoms with Crippen LogP contribution in [0.25, 0.3) is 0 Å². The molecule has 4 nitrogen and oxygen atoms in total. The summed E-state index contributed by atoms with van der Waals surface area (Å²) in [6.45, 7) is 1.92. The standard InChI is InChI=1S/C16H17ClN2O2/c1-11(12-3-9-15(21-2)10-4-12)18-16(20)19-14-7-5-13(17)6-8-14/h3-11H,1-2H3,(H2,18,19,20)/t11-/m0/s1. The minimum absolute atomic E-state index is 0.108. The van der Waals surface area contributed by atoms with Crippen molar-refractivity contribution in [3.63, 3.8) is 0 Å². The molecular formula is C16H17ClN2O2. The number of methoxy groups -OCH3 is 1. The molecule has 0 aliphatic carbocycles. The van der Waals surface area contributed by atoms with Gasteiger partial charge in [-0.25, -0.2) is 4.79 Å². The number of ether oxygens (including phenoxy) is 1. The topological polar surface area (TPSA) is 50.4 Å². The van der Waals surface area contributed by atoms with Crippen molar-refractivity contribution in [2.24, 2.45) is 0 Å². The Labute approximate surface area is 129 Å². The number of hydrogen-bond acceptors (Lipinski definition) is 2. The molecule has 2 aromatic carbocycles. The van der Waals surface area contributed by atoms with Gasteiger partial charge in [0.2, 0.25) is 0 Å². The number of halogens is 1. The summed E-state index contributed by atoms with van der Waals surface area (Å²) in [6.07, 6.45) is 0. The minimum Gasteiger partial charge on any atom is -0.497 e. The van der Waals surface area contributed by atoms with Gasteiger partial charge in [-0.05, 0) is 48.9 Å². The van der Waals surface area contributed by atoms with E-state index < -0.39 is 0 Å². The van der Waals surface area contributed by atoms with Crippen LogP contribution in [0, 0.1) is 0 Å². The Morgan fingerprint density at radius 1 is 1.10 bits per heavy atom. The first kappa shape index (κ1) is 15.2.